The Kier molecular flexibility index (Phi) is 6.30. The lowest BCUT2D eigenvalue weighted by Gasteiger charge is -2.12. The molecule has 1 amide bonds. The maximum absolute atomic E-state index is 12.5. The molecular weight excluding hydrogens is 342 g/mol. The molecule has 0 fully saturated rings. The van der Waals surface area contributed by atoms with Gasteiger partial charge in [0.05, 0.1) is 11.7 Å². The predicted octanol–water partition coefficient (Wildman–Crippen LogP) is 1.92. The zero-order valence-corrected chi connectivity index (χ0v) is 15.7. The van der Waals surface area contributed by atoms with E-state index in [0.29, 0.717) is 10.2 Å². The second-order valence-electron chi connectivity index (χ2n) is 6.06. The van der Waals surface area contributed by atoms with Crippen LogP contribution in [-0.4, -0.2) is 34.1 Å². The highest BCUT2D eigenvalue weighted by molar-refractivity contribution is 7.18. The predicted molar refractivity (Wildman–Crippen MR) is 96.8 cm³/mol. The Bertz CT molecular complexity index is 840. The van der Waals surface area contributed by atoms with Crippen molar-refractivity contribution in [3.63, 3.8) is 0 Å². The summed E-state index contributed by atoms with van der Waals surface area (Å²) in [5.74, 6) is -0.995. The van der Waals surface area contributed by atoms with Gasteiger partial charge in [-0.2, -0.15) is 0 Å². The molecule has 0 saturated carbocycles. The molecule has 2 aromatic heterocycles. The van der Waals surface area contributed by atoms with Crippen molar-refractivity contribution in [2.75, 3.05) is 6.61 Å². The minimum absolute atomic E-state index is 0.0373. The Morgan fingerprint density at radius 2 is 2.12 bits per heavy atom. The fraction of sp³-hybridized carbons (Fsp3) is 0.529. The third-order valence-corrected chi connectivity index (χ3v) is 5.06. The molecule has 0 radical (unpaired) electrons. The summed E-state index contributed by atoms with van der Waals surface area (Å²) in [6.07, 6.45) is 3.16. The topological polar surface area (TPSA) is 90.3 Å². The van der Waals surface area contributed by atoms with Crippen LogP contribution in [0.1, 0.15) is 37.1 Å². The maximum Gasteiger partial charge on any atom is 0.326 e. The molecule has 0 unspecified atom stereocenters. The van der Waals surface area contributed by atoms with Crippen LogP contribution in [-0.2, 0) is 20.9 Å². The lowest BCUT2D eigenvalue weighted by atomic mass is 10.2. The third kappa shape index (κ3) is 4.66. The van der Waals surface area contributed by atoms with E-state index in [0.717, 1.165) is 23.3 Å². The number of nitrogens with zero attached hydrogens (tertiary/aromatic N) is 2. The normalized spacial score (nSPS) is 12.2. The monoisotopic (exact) mass is 365 g/mol. The second kappa shape index (κ2) is 8.24. The molecule has 0 aliphatic rings. The van der Waals surface area contributed by atoms with Crippen molar-refractivity contribution in [1.29, 1.82) is 0 Å². The lowest BCUT2D eigenvalue weighted by Crippen LogP contribution is -2.36. The average molecular weight is 365 g/mol. The summed E-state index contributed by atoms with van der Waals surface area (Å²) in [6.45, 7) is 7.10. The molecule has 1 atom stereocenters. The van der Waals surface area contributed by atoms with Crippen LogP contribution in [0.2, 0.25) is 0 Å². The van der Waals surface area contributed by atoms with Crippen molar-refractivity contribution in [3.8, 4) is 0 Å². The summed E-state index contributed by atoms with van der Waals surface area (Å²) in [5.41, 5.74) is 0.606. The molecule has 0 aliphatic heterocycles. The summed E-state index contributed by atoms with van der Waals surface area (Å²) in [4.78, 5) is 42.0. The second-order valence-corrected chi connectivity index (χ2v) is 7.26. The van der Waals surface area contributed by atoms with Crippen molar-refractivity contribution in [2.24, 2.45) is 0 Å². The molecule has 0 aliphatic carbocycles. The first-order valence-corrected chi connectivity index (χ1v) is 9.05. The van der Waals surface area contributed by atoms with Gasteiger partial charge in [-0.25, -0.2) is 4.98 Å². The third-order valence-electron chi connectivity index (χ3n) is 3.95. The zero-order valence-electron chi connectivity index (χ0n) is 14.9. The Labute approximate surface area is 150 Å². The van der Waals surface area contributed by atoms with Gasteiger partial charge in [0.1, 0.15) is 11.4 Å². The fourth-order valence-corrected chi connectivity index (χ4v) is 3.52. The summed E-state index contributed by atoms with van der Waals surface area (Å²) >= 11 is 1.45. The Morgan fingerprint density at radius 3 is 2.80 bits per heavy atom. The highest BCUT2D eigenvalue weighted by Crippen LogP contribution is 2.25. The number of ether oxygens (including phenoxy) is 1. The quantitative estimate of drug-likeness (QED) is 0.757. The van der Waals surface area contributed by atoms with Gasteiger partial charge in [0.25, 0.3) is 11.5 Å². The lowest BCUT2D eigenvalue weighted by molar-refractivity contribution is -0.149. The number of carbonyl (C=O) groups is 2. The highest BCUT2D eigenvalue weighted by atomic mass is 32.1. The average Bonchev–Trinajstić information content (AvgIpc) is 2.84. The first-order valence-electron chi connectivity index (χ1n) is 8.23. The van der Waals surface area contributed by atoms with Crippen molar-refractivity contribution >= 4 is 33.4 Å². The van der Waals surface area contributed by atoms with Gasteiger partial charge in [-0.15, -0.1) is 11.3 Å². The largest absolute Gasteiger partial charge is 0.454 e. The van der Waals surface area contributed by atoms with Crippen LogP contribution in [0.4, 0.5) is 0 Å². The van der Waals surface area contributed by atoms with Crippen LogP contribution < -0.4 is 10.9 Å². The van der Waals surface area contributed by atoms with E-state index in [-0.39, 0.29) is 30.7 Å². The van der Waals surface area contributed by atoms with Crippen LogP contribution >= 0.6 is 11.3 Å². The van der Waals surface area contributed by atoms with Gasteiger partial charge in [-0.05, 0) is 32.8 Å². The van der Waals surface area contributed by atoms with Crippen molar-refractivity contribution in [1.82, 2.24) is 14.9 Å². The van der Waals surface area contributed by atoms with Crippen LogP contribution in [0, 0.1) is 13.8 Å². The van der Waals surface area contributed by atoms with Gasteiger partial charge in [0.2, 0.25) is 0 Å². The standard InChI is InChI=1S/C17H23N3O4S/c1-5-6-10(2)19-13(21)8-24-14(22)7-20-9-18-16-15(17(20)23)11(3)12(4)25-16/h9-10H,5-8H2,1-4H3,(H,19,21)/t10-/m1/s1. The van der Waals surface area contributed by atoms with Crippen molar-refractivity contribution in [3.05, 3.63) is 27.1 Å². The molecule has 8 heteroatoms. The molecule has 2 rings (SSSR count). The van der Waals surface area contributed by atoms with Gasteiger partial charge >= 0.3 is 5.97 Å². The van der Waals surface area contributed by atoms with E-state index in [4.69, 9.17) is 4.74 Å². The number of thiophene rings is 1. The van der Waals surface area contributed by atoms with Gasteiger partial charge in [0.15, 0.2) is 6.61 Å². The fourth-order valence-electron chi connectivity index (χ4n) is 2.54. The van der Waals surface area contributed by atoms with Gasteiger partial charge in [-0.1, -0.05) is 13.3 Å². The molecule has 25 heavy (non-hydrogen) atoms. The van der Waals surface area contributed by atoms with Crippen molar-refractivity contribution < 1.29 is 14.3 Å². The molecule has 2 heterocycles. The van der Waals surface area contributed by atoms with E-state index in [2.05, 4.69) is 10.3 Å². The molecule has 0 spiro atoms. The van der Waals surface area contributed by atoms with E-state index in [1.807, 2.05) is 27.7 Å². The number of aryl methyl sites for hydroxylation is 2. The number of aromatic nitrogens is 2. The Balaban J connectivity index is 1.98. The number of amides is 1. The molecule has 0 saturated heterocycles. The first kappa shape index (κ1) is 19.1. The van der Waals surface area contributed by atoms with Gasteiger partial charge in [0, 0.05) is 10.9 Å². The summed E-state index contributed by atoms with van der Waals surface area (Å²) < 4.78 is 6.16. The number of rotatable bonds is 7. The Morgan fingerprint density at radius 1 is 1.40 bits per heavy atom. The first-order chi connectivity index (χ1) is 11.8. The van der Waals surface area contributed by atoms with E-state index in [1.54, 1.807) is 0 Å². The summed E-state index contributed by atoms with van der Waals surface area (Å²) in [6, 6.07) is 0.0373. The van der Waals surface area contributed by atoms with Gasteiger partial charge in [-0.3, -0.25) is 19.0 Å². The van der Waals surface area contributed by atoms with Crippen LogP contribution in [0.25, 0.3) is 10.2 Å². The number of carbonyl (C=O) groups excluding carboxylic acids is 2. The number of hydrogen-bond donors (Lipinski definition) is 1. The van der Waals surface area contributed by atoms with Crippen LogP contribution in [0.5, 0.6) is 0 Å². The zero-order chi connectivity index (χ0) is 18.6. The van der Waals surface area contributed by atoms with Crippen molar-refractivity contribution in [2.45, 2.75) is 53.1 Å². The van der Waals surface area contributed by atoms with Crippen LogP contribution in [0.15, 0.2) is 11.1 Å². The Hall–Kier alpha value is -2.22. The maximum atomic E-state index is 12.5. The molecular formula is C17H23N3O4S. The summed E-state index contributed by atoms with van der Waals surface area (Å²) in [7, 11) is 0. The number of hydrogen-bond acceptors (Lipinski definition) is 6. The number of fused-ring (bicyclic) bond motifs is 1. The molecule has 2 aromatic rings. The van der Waals surface area contributed by atoms with Gasteiger partial charge < -0.3 is 10.1 Å². The molecule has 7 nitrogen and oxygen atoms in total. The highest BCUT2D eigenvalue weighted by Gasteiger charge is 2.15. The minimum atomic E-state index is -0.647. The smallest absolute Gasteiger partial charge is 0.326 e. The molecule has 0 aromatic carbocycles. The number of nitrogens with one attached hydrogen (secondary N) is 1. The van der Waals surface area contributed by atoms with E-state index >= 15 is 0 Å². The number of esters is 1. The van der Waals surface area contributed by atoms with E-state index in [1.165, 1.54) is 22.2 Å². The van der Waals surface area contributed by atoms with Crippen LogP contribution in [0.3, 0.4) is 0 Å². The molecule has 136 valence electrons. The van der Waals surface area contributed by atoms with E-state index < -0.39 is 5.97 Å². The minimum Gasteiger partial charge on any atom is -0.454 e. The molecule has 1 N–H and O–H groups in total. The SMILES string of the molecule is CCC[C@@H](C)NC(=O)COC(=O)Cn1cnc2sc(C)c(C)c2c1=O. The van der Waals surface area contributed by atoms with E-state index in [9.17, 15) is 14.4 Å². The molecule has 0 bridgehead atoms. The summed E-state index contributed by atoms with van der Waals surface area (Å²) in [5, 5.41) is 3.28.